The van der Waals surface area contributed by atoms with Gasteiger partial charge in [-0.15, -0.1) is 12.4 Å². The average Bonchev–Trinajstić information content (AvgIpc) is 2.26. The summed E-state index contributed by atoms with van der Waals surface area (Å²) in [5, 5.41) is 2.63. The molecule has 114 valence electrons. The molecule has 0 spiro atoms. The van der Waals surface area contributed by atoms with Crippen LogP contribution in [0.25, 0.3) is 0 Å². The van der Waals surface area contributed by atoms with E-state index >= 15 is 0 Å². The first-order valence-electron chi connectivity index (χ1n) is 5.88. The number of halogens is 1. The molecule has 20 heavy (non-hydrogen) atoms. The highest BCUT2D eigenvalue weighted by molar-refractivity contribution is 7.90. The highest BCUT2D eigenvalue weighted by Gasteiger charge is 2.27. The molecule has 0 heterocycles. The van der Waals surface area contributed by atoms with Crippen molar-refractivity contribution >= 4 is 33.8 Å². The molecule has 0 aliphatic rings. The average molecular weight is 321 g/mol. The lowest BCUT2D eigenvalue weighted by atomic mass is 9.87. The summed E-state index contributed by atoms with van der Waals surface area (Å²) < 4.78 is 22.9. The molecule has 0 fully saturated rings. The first-order valence-corrected chi connectivity index (χ1v) is 7.77. The van der Waals surface area contributed by atoms with Crippen LogP contribution in [0.2, 0.25) is 0 Å². The molecule has 3 N–H and O–H groups in total. The summed E-state index contributed by atoms with van der Waals surface area (Å²) in [4.78, 5) is 12.1. The van der Waals surface area contributed by atoms with Gasteiger partial charge in [-0.05, 0) is 23.6 Å². The maximum Gasteiger partial charge on any atom is 0.241 e. The topological polar surface area (TPSA) is 89.3 Å². The van der Waals surface area contributed by atoms with Crippen molar-refractivity contribution in [2.24, 2.45) is 11.1 Å². The highest BCUT2D eigenvalue weighted by Crippen LogP contribution is 2.20. The summed E-state index contributed by atoms with van der Waals surface area (Å²) in [6.45, 7) is 5.60. The fourth-order valence-electron chi connectivity index (χ4n) is 1.42. The lowest BCUT2D eigenvalue weighted by Crippen LogP contribution is -2.45. The normalized spacial score (nSPS) is 13.2. The van der Waals surface area contributed by atoms with E-state index in [1.807, 2.05) is 20.8 Å². The third-order valence-corrected chi connectivity index (χ3v) is 3.86. The lowest BCUT2D eigenvalue weighted by Gasteiger charge is -2.25. The van der Waals surface area contributed by atoms with Crippen molar-refractivity contribution in [2.45, 2.75) is 31.7 Å². The largest absolute Gasteiger partial charge is 0.325 e. The van der Waals surface area contributed by atoms with Gasteiger partial charge in [-0.25, -0.2) is 8.42 Å². The van der Waals surface area contributed by atoms with E-state index in [-0.39, 0.29) is 28.6 Å². The number of benzene rings is 1. The van der Waals surface area contributed by atoms with Crippen LogP contribution in [0.3, 0.4) is 0 Å². The van der Waals surface area contributed by atoms with Gasteiger partial charge in [0.2, 0.25) is 5.91 Å². The number of hydrogen-bond acceptors (Lipinski definition) is 4. The fraction of sp³-hybridized carbons (Fsp3) is 0.462. The van der Waals surface area contributed by atoms with E-state index in [0.717, 1.165) is 6.26 Å². The summed E-state index contributed by atoms with van der Waals surface area (Å²) in [5.74, 6) is -0.335. The SMILES string of the molecule is CC(C)(C)[C@H](N)C(=O)Nc1cccc(S(C)(=O)=O)c1.Cl. The van der Waals surface area contributed by atoms with Crippen molar-refractivity contribution < 1.29 is 13.2 Å². The van der Waals surface area contributed by atoms with Gasteiger partial charge >= 0.3 is 0 Å². The minimum Gasteiger partial charge on any atom is -0.325 e. The van der Waals surface area contributed by atoms with E-state index < -0.39 is 15.9 Å². The Morgan fingerprint density at radius 2 is 1.85 bits per heavy atom. The van der Waals surface area contributed by atoms with Crippen molar-refractivity contribution in [1.82, 2.24) is 0 Å². The molecule has 1 amide bonds. The monoisotopic (exact) mass is 320 g/mol. The molecule has 0 aliphatic carbocycles. The number of carbonyl (C=O) groups excluding carboxylic acids is 1. The molecule has 1 atom stereocenters. The molecule has 0 aromatic heterocycles. The van der Waals surface area contributed by atoms with Gasteiger partial charge in [0.05, 0.1) is 10.9 Å². The van der Waals surface area contributed by atoms with Crippen LogP contribution < -0.4 is 11.1 Å². The van der Waals surface area contributed by atoms with Gasteiger partial charge in [0.1, 0.15) is 0 Å². The molecule has 5 nitrogen and oxygen atoms in total. The van der Waals surface area contributed by atoms with Crippen LogP contribution in [-0.4, -0.2) is 26.6 Å². The predicted molar refractivity (Wildman–Crippen MR) is 82.9 cm³/mol. The first-order chi connectivity index (χ1) is 8.51. The molecular formula is C13H21ClN2O3S. The second-order valence-corrected chi connectivity index (χ2v) is 7.65. The maximum atomic E-state index is 11.9. The molecule has 1 aromatic carbocycles. The number of carbonyl (C=O) groups is 1. The Bertz CT molecular complexity index is 580. The van der Waals surface area contributed by atoms with E-state index in [1.165, 1.54) is 12.1 Å². The fourth-order valence-corrected chi connectivity index (χ4v) is 2.08. The van der Waals surface area contributed by atoms with E-state index in [4.69, 9.17) is 5.73 Å². The molecule has 0 aliphatic heterocycles. The van der Waals surface area contributed by atoms with Crippen LogP contribution in [0.4, 0.5) is 5.69 Å². The van der Waals surface area contributed by atoms with Crippen LogP contribution in [0.5, 0.6) is 0 Å². The summed E-state index contributed by atoms with van der Waals surface area (Å²) in [6, 6.07) is 5.43. The number of amides is 1. The zero-order valence-electron chi connectivity index (χ0n) is 12.0. The summed E-state index contributed by atoms with van der Waals surface area (Å²) in [7, 11) is -3.29. The van der Waals surface area contributed by atoms with E-state index in [9.17, 15) is 13.2 Å². The minimum absolute atomic E-state index is 0. The predicted octanol–water partition coefficient (Wildman–Crippen LogP) is 1.82. The molecule has 0 bridgehead atoms. The molecule has 0 unspecified atom stereocenters. The number of anilines is 1. The zero-order valence-corrected chi connectivity index (χ0v) is 13.6. The third kappa shape index (κ3) is 5.11. The van der Waals surface area contributed by atoms with E-state index in [0.29, 0.717) is 5.69 Å². The number of rotatable bonds is 3. The minimum atomic E-state index is -3.29. The van der Waals surface area contributed by atoms with Crippen LogP contribution in [0.15, 0.2) is 29.2 Å². The Labute approximate surface area is 126 Å². The zero-order chi connectivity index (χ0) is 14.8. The van der Waals surface area contributed by atoms with Crippen LogP contribution in [0, 0.1) is 5.41 Å². The molecule has 0 saturated carbocycles. The number of nitrogens with two attached hydrogens (primary N) is 1. The standard InChI is InChI=1S/C13H20N2O3S.ClH/c1-13(2,3)11(14)12(16)15-9-6-5-7-10(8-9)19(4,17)18;/h5-8,11H,14H2,1-4H3,(H,15,16);1H/t11-;/m1./s1. The number of sulfone groups is 1. The van der Waals surface area contributed by atoms with Crippen molar-refractivity contribution in [2.75, 3.05) is 11.6 Å². The second kappa shape index (κ2) is 6.56. The second-order valence-electron chi connectivity index (χ2n) is 5.63. The molecule has 0 saturated heterocycles. The van der Waals surface area contributed by atoms with Gasteiger partial charge in [0, 0.05) is 11.9 Å². The van der Waals surface area contributed by atoms with Crippen LogP contribution >= 0.6 is 12.4 Å². The highest BCUT2D eigenvalue weighted by atomic mass is 35.5. The van der Waals surface area contributed by atoms with Crippen molar-refractivity contribution in [3.8, 4) is 0 Å². The Hall–Kier alpha value is -1.11. The smallest absolute Gasteiger partial charge is 0.241 e. The van der Waals surface area contributed by atoms with Crippen molar-refractivity contribution in [3.05, 3.63) is 24.3 Å². The first kappa shape index (κ1) is 18.9. The van der Waals surface area contributed by atoms with Gasteiger partial charge in [0.15, 0.2) is 9.84 Å². The molecular weight excluding hydrogens is 300 g/mol. The maximum absolute atomic E-state index is 11.9. The Morgan fingerprint density at radius 3 is 2.30 bits per heavy atom. The number of nitrogens with one attached hydrogen (secondary N) is 1. The van der Waals surface area contributed by atoms with E-state index in [2.05, 4.69) is 5.32 Å². The Morgan fingerprint density at radius 1 is 1.30 bits per heavy atom. The Kier molecular flexibility index (Phi) is 6.20. The summed E-state index contributed by atoms with van der Waals surface area (Å²) in [5.41, 5.74) is 5.90. The van der Waals surface area contributed by atoms with Gasteiger partial charge in [0.25, 0.3) is 0 Å². The van der Waals surface area contributed by atoms with Crippen molar-refractivity contribution in [1.29, 1.82) is 0 Å². The van der Waals surface area contributed by atoms with Crippen LogP contribution in [-0.2, 0) is 14.6 Å². The molecule has 7 heteroatoms. The van der Waals surface area contributed by atoms with Gasteiger partial charge < -0.3 is 11.1 Å². The third-order valence-electron chi connectivity index (χ3n) is 2.75. The van der Waals surface area contributed by atoms with Crippen LogP contribution in [0.1, 0.15) is 20.8 Å². The van der Waals surface area contributed by atoms with Gasteiger partial charge in [-0.3, -0.25) is 4.79 Å². The molecule has 1 aromatic rings. The Balaban J connectivity index is 0.00000361. The van der Waals surface area contributed by atoms with Gasteiger partial charge in [-0.1, -0.05) is 26.8 Å². The summed E-state index contributed by atoms with van der Waals surface area (Å²) in [6.07, 6.45) is 1.12. The van der Waals surface area contributed by atoms with Crippen molar-refractivity contribution in [3.63, 3.8) is 0 Å². The van der Waals surface area contributed by atoms with Gasteiger partial charge in [-0.2, -0.15) is 0 Å². The summed E-state index contributed by atoms with van der Waals surface area (Å²) >= 11 is 0. The molecule has 1 rings (SSSR count). The number of hydrogen-bond donors (Lipinski definition) is 2. The van der Waals surface area contributed by atoms with E-state index in [1.54, 1.807) is 12.1 Å². The molecule has 0 radical (unpaired) electrons. The quantitative estimate of drug-likeness (QED) is 0.889. The lowest BCUT2D eigenvalue weighted by molar-refractivity contribution is -0.119.